The lowest BCUT2D eigenvalue weighted by molar-refractivity contribution is 0.263. The molecule has 0 heterocycles. The van der Waals surface area contributed by atoms with E-state index in [1.807, 2.05) is 27.7 Å². The van der Waals surface area contributed by atoms with E-state index in [1.54, 1.807) is 0 Å². The average Bonchev–Trinajstić information content (AvgIpc) is 2.14. The first-order chi connectivity index (χ1) is 7.38. The minimum Gasteiger partial charge on any atom is -0.310 e. The van der Waals surface area contributed by atoms with Gasteiger partial charge in [-0.25, -0.2) is 8.78 Å². The Kier molecular flexibility index (Phi) is 4.03. The van der Waals surface area contributed by atoms with Crippen LogP contribution in [-0.4, -0.2) is 6.54 Å². The van der Waals surface area contributed by atoms with Crippen LogP contribution in [0.2, 0.25) is 0 Å². The Morgan fingerprint density at radius 1 is 1.19 bits per heavy atom. The molecular weight excluding hydrogens is 208 g/mol. The Morgan fingerprint density at radius 3 is 2.06 bits per heavy atom. The zero-order valence-electron chi connectivity index (χ0n) is 10.3. The van der Waals surface area contributed by atoms with E-state index in [-0.39, 0.29) is 17.0 Å². The monoisotopic (exact) mass is 227 g/mol. The molecule has 1 aromatic carbocycles. The first-order valence-electron chi connectivity index (χ1n) is 5.55. The lowest BCUT2D eigenvalue weighted by Gasteiger charge is -2.32. The summed E-state index contributed by atoms with van der Waals surface area (Å²) in [6.45, 7) is 8.50. The molecule has 1 rings (SSSR count). The Labute approximate surface area is 95.9 Å². The smallest absolute Gasteiger partial charge is 0.130 e. The topological polar surface area (TPSA) is 12.0 Å². The molecule has 0 aliphatic heterocycles. The van der Waals surface area contributed by atoms with Crippen molar-refractivity contribution < 1.29 is 8.78 Å². The van der Waals surface area contributed by atoms with Gasteiger partial charge in [-0.1, -0.05) is 33.8 Å². The molecule has 1 atom stereocenters. The zero-order valence-corrected chi connectivity index (χ0v) is 10.3. The van der Waals surface area contributed by atoms with Gasteiger partial charge in [0.25, 0.3) is 0 Å². The third-order valence-electron chi connectivity index (χ3n) is 2.56. The number of hydrogen-bond acceptors (Lipinski definition) is 1. The summed E-state index contributed by atoms with van der Waals surface area (Å²) >= 11 is 0. The van der Waals surface area contributed by atoms with Crippen LogP contribution in [0, 0.1) is 17.0 Å². The molecule has 0 saturated heterocycles. The summed E-state index contributed by atoms with van der Waals surface area (Å²) < 4.78 is 27.3. The summed E-state index contributed by atoms with van der Waals surface area (Å²) in [5, 5.41) is 3.14. The van der Waals surface area contributed by atoms with Gasteiger partial charge in [0.05, 0.1) is 0 Å². The molecule has 0 amide bonds. The van der Waals surface area contributed by atoms with Gasteiger partial charge in [0.1, 0.15) is 11.6 Å². The maximum Gasteiger partial charge on any atom is 0.130 e. The van der Waals surface area contributed by atoms with Gasteiger partial charge >= 0.3 is 0 Å². The fourth-order valence-corrected chi connectivity index (χ4v) is 1.83. The Hall–Kier alpha value is -0.960. The van der Waals surface area contributed by atoms with Crippen molar-refractivity contribution in [3.63, 3.8) is 0 Å². The van der Waals surface area contributed by atoms with Crippen LogP contribution in [-0.2, 0) is 0 Å². The molecule has 0 bridgehead atoms. The van der Waals surface area contributed by atoms with Gasteiger partial charge < -0.3 is 5.32 Å². The Balaban J connectivity index is 3.21. The van der Waals surface area contributed by atoms with Gasteiger partial charge in [-0.15, -0.1) is 0 Å². The highest BCUT2D eigenvalue weighted by Crippen LogP contribution is 2.35. The quantitative estimate of drug-likeness (QED) is 0.831. The summed E-state index contributed by atoms with van der Waals surface area (Å²) in [7, 11) is 0. The fraction of sp³-hybridized carbons (Fsp3) is 0.538. The van der Waals surface area contributed by atoms with Gasteiger partial charge in [-0.05, 0) is 24.1 Å². The number of hydrogen-bond donors (Lipinski definition) is 1. The van der Waals surface area contributed by atoms with Crippen molar-refractivity contribution in [2.24, 2.45) is 5.41 Å². The molecule has 1 unspecified atom stereocenters. The molecule has 0 fully saturated rings. The summed E-state index contributed by atoms with van der Waals surface area (Å²) in [4.78, 5) is 0. The molecule has 16 heavy (non-hydrogen) atoms. The van der Waals surface area contributed by atoms with Crippen LogP contribution in [0.1, 0.15) is 39.3 Å². The second kappa shape index (κ2) is 4.91. The average molecular weight is 227 g/mol. The van der Waals surface area contributed by atoms with Crippen LogP contribution in [0.5, 0.6) is 0 Å². The van der Waals surface area contributed by atoms with Crippen LogP contribution < -0.4 is 5.32 Å². The minimum absolute atomic E-state index is 0.136. The number of benzene rings is 1. The highest BCUT2D eigenvalue weighted by atomic mass is 19.1. The molecule has 90 valence electrons. The van der Waals surface area contributed by atoms with E-state index >= 15 is 0 Å². The molecule has 0 aromatic heterocycles. The van der Waals surface area contributed by atoms with Crippen molar-refractivity contribution in [1.82, 2.24) is 5.32 Å². The maximum absolute atomic E-state index is 13.7. The Morgan fingerprint density at radius 2 is 1.69 bits per heavy atom. The van der Waals surface area contributed by atoms with E-state index in [9.17, 15) is 8.78 Å². The van der Waals surface area contributed by atoms with Crippen LogP contribution in [0.15, 0.2) is 18.2 Å². The molecule has 1 N–H and O–H groups in total. The summed E-state index contributed by atoms with van der Waals surface area (Å²) in [6.07, 6.45) is 0. The van der Waals surface area contributed by atoms with Gasteiger partial charge in [0, 0.05) is 11.6 Å². The third kappa shape index (κ3) is 2.79. The molecule has 3 heteroatoms. The molecular formula is C13H19F2N. The van der Waals surface area contributed by atoms with Crippen molar-refractivity contribution in [2.45, 2.75) is 33.7 Å². The van der Waals surface area contributed by atoms with Crippen molar-refractivity contribution in [1.29, 1.82) is 0 Å². The van der Waals surface area contributed by atoms with Crippen molar-refractivity contribution in [3.05, 3.63) is 35.4 Å². The van der Waals surface area contributed by atoms with E-state index in [1.165, 1.54) is 18.2 Å². The van der Waals surface area contributed by atoms with Gasteiger partial charge in [-0.3, -0.25) is 0 Å². The summed E-state index contributed by atoms with van der Waals surface area (Å²) in [5.41, 5.74) is -0.101. The van der Waals surface area contributed by atoms with E-state index in [4.69, 9.17) is 0 Å². The third-order valence-corrected chi connectivity index (χ3v) is 2.56. The molecule has 0 radical (unpaired) electrons. The van der Waals surface area contributed by atoms with Crippen molar-refractivity contribution in [2.75, 3.05) is 6.54 Å². The van der Waals surface area contributed by atoms with E-state index in [0.717, 1.165) is 0 Å². The second-order valence-electron chi connectivity index (χ2n) is 4.99. The van der Waals surface area contributed by atoms with Crippen LogP contribution in [0.25, 0.3) is 0 Å². The lowest BCUT2D eigenvalue weighted by atomic mass is 9.82. The van der Waals surface area contributed by atoms with E-state index in [0.29, 0.717) is 6.54 Å². The van der Waals surface area contributed by atoms with Crippen LogP contribution in [0.3, 0.4) is 0 Å². The van der Waals surface area contributed by atoms with E-state index < -0.39 is 11.6 Å². The maximum atomic E-state index is 13.7. The largest absolute Gasteiger partial charge is 0.310 e. The number of halogens is 2. The molecule has 0 aliphatic carbocycles. The highest BCUT2D eigenvalue weighted by molar-refractivity contribution is 5.24. The van der Waals surface area contributed by atoms with Crippen molar-refractivity contribution >= 4 is 0 Å². The predicted octanol–water partition coefficient (Wildman–Crippen LogP) is 3.66. The van der Waals surface area contributed by atoms with Crippen LogP contribution >= 0.6 is 0 Å². The number of rotatable bonds is 3. The fourth-order valence-electron chi connectivity index (χ4n) is 1.83. The molecule has 1 nitrogen and oxygen atoms in total. The first-order valence-corrected chi connectivity index (χ1v) is 5.55. The number of nitrogens with one attached hydrogen (secondary N) is 1. The molecule has 1 aromatic rings. The second-order valence-corrected chi connectivity index (χ2v) is 4.99. The minimum atomic E-state index is -0.485. The summed E-state index contributed by atoms with van der Waals surface area (Å²) in [5.74, 6) is -0.971. The van der Waals surface area contributed by atoms with Gasteiger partial charge in [0.15, 0.2) is 0 Å². The SMILES string of the molecule is CCNC(c1c(F)cccc1F)C(C)(C)C. The van der Waals surface area contributed by atoms with Gasteiger partial charge in [-0.2, -0.15) is 0 Å². The molecule has 0 aliphatic rings. The lowest BCUT2D eigenvalue weighted by Crippen LogP contribution is -2.33. The normalized spacial score (nSPS) is 13.9. The van der Waals surface area contributed by atoms with E-state index in [2.05, 4.69) is 5.32 Å². The molecule has 0 spiro atoms. The van der Waals surface area contributed by atoms with Gasteiger partial charge in [0.2, 0.25) is 0 Å². The van der Waals surface area contributed by atoms with Crippen molar-refractivity contribution in [3.8, 4) is 0 Å². The highest BCUT2D eigenvalue weighted by Gasteiger charge is 2.29. The standard InChI is InChI=1S/C13H19F2N/c1-5-16-12(13(2,3)4)11-9(14)7-6-8-10(11)15/h6-8,12,16H,5H2,1-4H3. The first kappa shape index (κ1) is 13.1. The predicted molar refractivity (Wildman–Crippen MR) is 62.2 cm³/mol. The Bertz CT molecular complexity index is 335. The van der Waals surface area contributed by atoms with Crippen LogP contribution in [0.4, 0.5) is 8.78 Å². The zero-order chi connectivity index (χ0) is 12.3. The summed E-state index contributed by atoms with van der Waals surface area (Å²) in [6, 6.07) is 3.67. The molecule has 0 saturated carbocycles.